The van der Waals surface area contributed by atoms with Gasteiger partial charge in [-0.25, -0.2) is 4.39 Å². The normalized spacial score (nSPS) is 28.4. The van der Waals surface area contributed by atoms with Crippen LogP contribution < -0.4 is 16.0 Å². The van der Waals surface area contributed by atoms with E-state index in [2.05, 4.69) is 27.0 Å². The van der Waals surface area contributed by atoms with E-state index in [1.54, 1.807) is 4.90 Å². The lowest BCUT2D eigenvalue weighted by atomic mass is 9.57. The molecule has 1 aliphatic carbocycles. The number of carbonyl (C=O) groups excluding carboxylic acids is 2. The second kappa shape index (κ2) is 7.87. The van der Waals surface area contributed by atoms with Crippen molar-refractivity contribution in [3.63, 3.8) is 0 Å². The summed E-state index contributed by atoms with van der Waals surface area (Å²) in [5.74, 6) is -0.463. The Morgan fingerprint density at radius 1 is 1.36 bits per heavy atom. The number of benzene rings is 1. The average molecular weight is 455 g/mol. The molecule has 3 N–H and O–H groups in total. The standard InChI is InChI=1S/C24H31FN6O2/c1-3-27-19-8-16(25)7-18-20(19)29-22(33)23(18,2)31-6-4-5-17(11-31)28-21(32)15-9-24(10-15)12-30(13-24)14-26/h7-8,15,17,27H,3-6,9-13H2,1-2H3,(H,28,32)(H,29,33)/t17-,23?/m0/s1. The van der Waals surface area contributed by atoms with E-state index in [4.69, 9.17) is 5.26 Å². The number of nitriles is 1. The highest BCUT2D eigenvalue weighted by Gasteiger charge is 2.55. The molecule has 1 saturated carbocycles. The summed E-state index contributed by atoms with van der Waals surface area (Å²) in [5.41, 5.74) is 1.05. The van der Waals surface area contributed by atoms with Crippen molar-refractivity contribution in [1.82, 2.24) is 15.1 Å². The lowest BCUT2D eigenvalue weighted by Crippen LogP contribution is -2.63. The molecule has 176 valence electrons. The molecule has 3 aliphatic heterocycles. The van der Waals surface area contributed by atoms with Crippen molar-refractivity contribution in [2.45, 2.75) is 51.1 Å². The molecule has 3 heterocycles. The molecule has 5 rings (SSSR count). The maximum Gasteiger partial charge on any atom is 0.249 e. The molecule has 8 nitrogen and oxygen atoms in total. The highest BCUT2D eigenvalue weighted by Crippen LogP contribution is 2.52. The van der Waals surface area contributed by atoms with E-state index in [-0.39, 0.29) is 35.0 Å². The predicted octanol–water partition coefficient (Wildman–Crippen LogP) is 2.20. The van der Waals surface area contributed by atoms with Crippen LogP contribution in [-0.2, 0) is 15.1 Å². The number of amides is 2. The van der Waals surface area contributed by atoms with Crippen LogP contribution in [0.1, 0.15) is 45.1 Å². The monoisotopic (exact) mass is 454 g/mol. The number of fused-ring (bicyclic) bond motifs is 1. The third-order valence-electron chi connectivity index (χ3n) is 8.00. The van der Waals surface area contributed by atoms with Crippen molar-refractivity contribution in [2.75, 3.05) is 43.4 Å². The second-order valence-electron chi connectivity index (χ2n) is 10.3. The summed E-state index contributed by atoms with van der Waals surface area (Å²) < 4.78 is 14.4. The van der Waals surface area contributed by atoms with Crippen LogP contribution in [0.15, 0.2) is 12.1 Å². The van der Waals surface area contributed by atoms with Crippen LogP contribution in [0.5, 0.6) is 0 Å². The van der Waals surface area contributed by atoms with E-state index < -0.39 is 5.54 Å². The largest absolute Gasteiger partial charge is 0.384 e. The highest BCUT2D eigenvalue weighted by atomic mass is 19.1. The fraction of sp³-hybridized carbons (Fsp3) is 0.625. The molecule has 1 spiro atoms. The first kappa shape index (κ1) is 22.0. The van der Waals surface area contributed by atoms with Gasteiger partial charge in [-0.15, -0.1) is 0 Å². The molecule has 0 bridgehead atoms. The number of halogens is 1. The van der Waals surface area contributed by atoms with E-state index in [0.717, 1.165) is 38.8 Å². The predicted molar refractivity (Wildman–Crippen MR) is 122 cm³/mol. The summed E-state index contributed by atoms with van der Waals surface area (Å²) in [5, 5.41) is 18.3. The van der Waals surface area contributed by atoms with Gasteiger partial charge in [-0.3, -0.25) is 14.5 Å². The Balaban J connectivity index is 1.26. The summed E-state index contributed by atoms with van der Waals surface area (Å²) in [6, 6.07) is 2.82. The van der Waals surface area contributed by atoms with Crippen molar-refractivity contribution in [2.24, 2.45) is 11.3 Å². The Kier molecular flexibility index (Phi) is 5.24. The summed E-state index contributed by atoms with van der Waals surface area (Å²) in [6.45, 7) is 7.19. The van der Waals surface area contributed by atoms with E-state index in [9.17, 15) is 14.0 Å². The number of rotatable bonds is 5. The number of likely N-dealkylation sites (tertiary alicyclic amines) is 2. The molecule has 1 aromatic carbocycles. The molecule has 9 heteroatoms. The summed E-state index contributed by atoms with van der Waals surface area (Å²) >= 11 is 0. The summed E-state index contributed by atoms with van der Waals surface area (Å²) in [6.07, 6.45) is 5.55. The van der Waals surface area contributed by atoms with Crippen molar-refractivity contribution in [1.29, 1.82) is 5.26 Å². The highest BCUT2D eigenvalue weighted by molar-refractivity contribution is 6.08. The fourth-order valence-corrected chi connectivity index (χ4v) is 6.21. The summed E-state index contributed by atoms with van der Waals surface area (Å²) in [4.78, 5) is 29.8. The van der Waals surface area contributed by atoms with Gasteiger partial charge in [0, 0.05) is 49.1 Å². The fourth-order valence-electron chi connectivity index (χ4n) is 6.21. The third kappa shape index (κ3) is 3.52. The Morgan fingerprint density at radius 3 is 2.82 bits per heavy atom. The van der Waals surface area contributed by atoms with Crippen LogP contribution in [0, 0.1) is 28.6 Å². The number of hydrogen-bond acceptors (Lipinski definition) is 6. The molecule has 33 heavy (non-hydrogen) atoms. The Bertz CT molecular complexity index is 1020. The average Bonchev–Trinajstić information content (AvgIpc) is 2.98. The van der Waals surface area contributed by atoms with Crippen LogP contribution in [-0.4, -0.2) is 60.4 Å². The summed E-state index contributed by atoms with van der Waals surface area (Å²) in [7, 11) is 0. The minimum Gasteiger partial charge on any atom is -0.384 e. The SMILES string of the molecule is CCNc1cc(F)cc2c1NC(=O)C2(C)N1CCC[C@H](NC(=O)C2CC3(C2)CN(C#N)C3)C1. The number of hydrogen-bond donors (Lipinski definition) is 3. The molecule has 3 fully saturated rings. The van der Waals surface area contributed by atoms with Gasteiger partial charge in [-0.2, -0.15) is 5.26 Å². The molecule has 0 radical (unpaired) electrons. The van der Waals surface area contributed by atoms with Crippen LogP contribution >= 0.6 is 0 Å². The molecule has 0 aromatic heterocycles. The van der Waals surface area contributed by atoms with Crippen molar-refractivity contribution < 1.29 is 14.0 Å². The number of nitrogens with zero attached hydrogens (tertiary/aromatic N) is 3. The molecular weight excluding hydrogens is 423 g/mol. The second-order valence-corrected chi connectivity index (χ2v) is 10.3. The lowest BCUT2D eigenvalue weighted by Gasteiger charge is -2.56. The van der Waals surface area contributed by atoms with Crippen LogP contribution in [0.25, 0.3) is 0 Å². The first-order valence-corrected chi connectivity index (χ1v) is 11.9. The third-order valence-corrected chi connectivity index (χ3v) is 8.00. The van der Waals surface area contributed by atoms with Crippen LogP contribution in [0.3, 0.4) is 0 Å². The van der Waals surface area contributed by atoms with Crippen LogP contribution in [0.2, 0.25) is 0 Å². The van der Waals surface area contributed by atoms with Gasteiger partial charge < -0.3 is 20.9 Å². The quantitative estimate of drug-likeness (QED) is 0.590. The van der Waals surface area contributed by atoms with E-state index in [1.807, 2.05) is 13.8 Å². The zero-order valence-electron chi connectivity index (χ0n) is 19.2. The lowest BCUT2D eigenvalue weighted by molar-refractivity contribution is -0.141. The maximum atomic E-state index is 14.4. The van der Waals surface area contributed by atoms with Gasteiger partial charge in [-0.1, -0.05) is 0 Å². The van der Waals surface area contributed by atoms with E-state index in [0.29, 0.717) is 36.6 Å². The number of piperidine rings is 1. The van der Waals surface area contributed by atoms with Gasteiger partial charge in [0.1, 0.15) is 11.4 Å². The molecule has 2 atom stereocenters. The molecular formula is C24H31FN6O2. The van der Waals surface area contributed by atoms with Gasteiger partial charge in [0.05, 0.1) is 11.4 Å². The number of carbonyl (C=O) groups is 2. The molecule has 1 unspecified atom stereocenters. The molecule has 4 aliphatic rings. The van der Waals surface area contributed by atoms with E-state index >= 15 is 0 Å². The number of anilines is 2. The smallest absolute Gasteiger partial charge is 0.249 e. The minimum atomic E-state index is -0.988. The molecule has 2 amide bonds. The van der Waals surface area contributed by atoms with E-state index in [1.165, 1.54) is 12.1 Å². The maximum absolute atomic E-state index is 14.4. The Labute approximate surface area is 193 Å². The van der Waals surface area contributed by atoms with Crippen molar-refractivity contribution in [3.8, 4) is 6.19 Å². The van der Waals surface area contributed by atoms with Gasteiger partial charge in [0.2, 0.25) is 11.8 Å². The molecule has 2 saturated heterocycles. The Hall–Kier alpha value is -2.86. The van der Waals surface area contributed by atoms with Gasteiger partial charge in [-0.05, 0) is 58.2 Å². The first-order chi connectivity index (χ1) is 15.8. The zero-order chi connectivity index (χ0) is 23.4. The first-order valence-electron chi connectivity index (χ1n) is 11.9. The zero-order valence-corrected chi connectivity index (χ0v) is 19.2. The van der Waals surface area contributed by atoms with Crippen molar-refractivity contribution in [3.05, 3.63) is 23.5 Å². The van der Waals surface area contributed by atoms with Crippen LogP contribution in [0.4, 0.5) is 15.8 Å². The topological polar surface area (TPSA) is 100 Å². The van der Waals surface area contributed by atoms with Gasteiger partial charge >= 0.3 is 0 Å². The van der Waals surface area contributed by atoms with Gasteiger partial charge in [0.25, 0.3) is 0 Å². The number of nitrogens with one attached hydrogen (secondary N) is 3. The van der Waals surface area contributed by atoms with Crippen molar-refractivity contribution >= 4 is 23.2 Å². The minimum absolute atomic E-state index is 0.00378. The Morgan fingerprint density at radius 2 is 2.12 bits per heavy atom. The van der Waals surface area contributed by atoms with Gasteiger partial charge in [0.15, 0.2) is 6.19 Å². The molecule has 1 aromatic rings.